The largest absolute Gasteiger partial charge is 0.454 e. The highest BCUT2D eigenvalue weighted by Crippen LogP contribution is 2.40. The highest BCUT2D eigenvalue weighted by Gasteiger charge is 2.31. The number of hydrogen-bond donors (Lipinski definition) is 2. The van der Waals surface area contributed by atoms with Crippen molar-refractivity contribution in [2.75, 3.05) is 30.5 Å². The van der Waals surface area contributed by atoms with E-state index in [0.29, 0.717) is 12.4 Å². The highest BCUT2D eigenvalue weighted by molar-refractivity contribution is 6.04. The Morgan fingerprint density at radius 1 is 1.00 bits per heavy atom. The molecule has 1 heterocycles. The van der Waals surface area contributed by atoms with Gasteiger partial charge in [0.15, 0.2) is 6.61 Å². The van der Waals surface area contributed by atoms with E-state index in [2.05, 4.69) is 10.6 Å². The number of amides is 2. The summed E-state index contributed by atoms with van der Waals surface area (Å²) in [5, 5.41) is 15.1. The van der Waals surface area contributed by atoms with Gasteiger partial charge in [-0.25, -0.2) is 9.59 Å². The third-order valence-corrected chi connectivity index (χ3v) is 5.25. The van der Waals surface area contributed by atoms with Crippen LogP contribution in [0.2, 0.25) is 0 Å². The maximum absolute atomic E-state index is 12.8. The molecule has 2 N–H and O–H groups in total. The Bertz CT molecular complexity index is 1130. The quantitative estimate of drug-likeness (QED) is 0.370. The van der Waals surface area contributed by atoms with Gasteiger partial charge in [0.2, 0.25) is 5.78 Å². The zero-order valence-electron chi connectivity index (χ0n) is 19.6. The molecule has 0 radical (unpaired) electrons. The van der Waals surface area contributed by atoms with Gasteiger partial charge in [0.1, 0.15) is 17.5 Å². The fourth-order valence-electron chi connectivity index (χ4n) is 3.60. The molecule has 2 aromatic carbocycles. The lowest BCUT2D eigenvalue weighted by Gasteiger charge is -2.19. The van der Waals surface area contributed by atoms with Crippen molar-refractivity contribution in [3.63, 3.8) is 0 Å². The second-order valence-corrected chi connectivity index (χ2v) is 8.10. The van der Waals surface area contributed by atoms with Crippen LogP contribution >= 0.6 is 0 Å². The molecule has 0 aromatic heterocycles. The molecule has 1 aliphatic heterocycles. The fraction of sp³-hybridized carbons (Fsp3) is 0.280. The van der Waals surface area contributed by atoms with Crippen LogP contribution in [0.5, 0.6) is 0 Å². The second-order valence-electron chi connectivity index (χ2n) is 8.10. The van der Waals surface area contributed by atoms with Crippen LogP contribution in [-0.2, 0) is 16.1 Å². The van der Waals surface area contributed by atoms with Gasteiger partial charge in [-0.15, -0.1) is 0 Å². The molecular weight excluding hydrogens is 434 g/mol. The molecule has 0 aliphatic carbocycles. The van der Waals surface area contributed by atoms with Gasteiger partial charge >= 0.3 is 12.0 Å². The normalized spacial score (nSPS) is 12.2. The van der Waals surface area contributed by atoms with Gasteiger partial charge in [-0.3, -0.25) is 4.79 Å². The van der Waals surface area contributed by atoms with E-state index in [1.165, 1.54) is 0 Å². The van der Waals surface area contributed by atoms with Crippen molar-refractivity contribution in [1.29, 1.82) is 5.26 Å². The van der Waals surface area contributed by atoms with Gasteiger partial charge < -0.3 is 25.2 Å². The van der Waals surface area contributed by atoms with Crippen molar-refractivity contribution in [2.45, 2.75) is 26.4 Å². The highest BCUT2D eigenvalue weighted by atomic mass is 16.5. The van der Waals surface area contributed by atoms with E-state index in [4.69, 9.17) is 4.74 Å². The fourth-order valence-corrected chi connectivity index (χ4v) is 3.60. The maximum Gasteiger partial charge on any atom is 0.338 e. The summed E-state index contributed by atoms with van der Waals surface area (Å²) in [6.07, 6.45) is 0. The smallest absolute Gasteiger partial charge is 0.338 e. The van der Waals surface area contributed by atoms with Crippen LogP contribution in [0.25, 0.3) is 0 Å². The molecule has 0 unspecified atom stereocenters. The van der Waals surface area contributed by atoms with Gasteiger partial charge in [0.05, 0.1) is 16.9 Å². The van der Waals surface area contributed by atoms with Gasteiger partial charge in [-0.2, -0.15) is 5.26 Å². The van der Waals surface area contributed by atoms with E-state index in [1.54, 1.807) is 48.2 Å². The van der Waals surface area contributed by atoms with E-state index >= 15 is 0 Å². The number of urea groups is 1. The van der Waals surface area contributed by atoms with Gasteiger partial charge in [-0.05, 0) is 43.7 Å². The lowest BCUT2D eigenvalue weighted by Crippen LogP contribution is -2.39. The molecule has 0 saturated heterocycles. The Labute approximate surface area is 198 Å². The predicted octanol–water partition coefficient (Wildman–Crippen LogP) is 2.94. The molecular formula is C25H27N5O4. The second kappa shape index (κ2) is 10.5. The number of nitriles is 1. The Hall–Kier alpha value is -4.32. The molecule has 176 valence electrons. The molecule has 34 heavy (non-hydrogen) atoms. The minimum atomic E-state index is -0.677. The van der Waals surface area contributed by atoms with Crippen molar-refractivity contribution in [1.82, 2.24) is 10.6 Å². The average Bonchev–Trinajstić information content (AvgIpc) is 3.07. The zero-order valence-corrected chi connectivity index (χ0v) is 19.6. The molecule has 0 fully saturated rings. The first-order valence-electron chi connectivity index (χ1n) is 10.8. The van der Waals surface area contributed by atoms with Crippen LogP contribution in [0.15, 0.2) is 59.9 Å². The lowest BCUT2D eigenvalue weighted by molar-refractivity contribution is -0.118. The molecule has 2 aromatic rings. The summed E-state index contributed by atoms with van der Waals surface area (Å²) >= 11 is 0. The Morgan fingerprint density at radius 2 is 1.59 bits per heavy atom. The van der Waals surface area contributed by atoms with Crippen molar-refractivity contribution >= 4 is 29.2 Å². The number of rotatable bonds is 7. The van der Waals surface area contributed by atoms with E-state index in [0.717, 1.165) is 16.9 Å². The first-order chi connectivity index (χ1) is 16.2. The van der Waals surface area contributed by atoms with Crippen LogP contribution in [-0.4, -0.2) is 44.5 Å². The third-order valence-electron chi connectivity index (χ3n) is 5.25. The van der Waals surface area contributed by atoms with Crippen molar-refractivity contribution in [2.24, 2.45) is 0 Å². The van der Waals surface area contributed by atoms with Crippen LogP contribution in [0.1, 0.15) is 29.8 Å². The number of ether oxygens (including phenoxy) is 1. The first kappa shape index (κ1) is 24.3. The number of esters is 1. The Balaban J connectivity index is 1.61. The maximum atomic E-state index is 12.8. The summed E-state index contributed by atoms with van der Waals surface area (Å²) in [6, 6.07) is 15.8. The molecule has 9 nitrogen and oxygen atoms in total. The minimum Gasteiger partial charge on any atom is -0.454 e. The molecule has 3 rings (SSSR count). The van der Waals surface area contributed by atoms with Crippen molar-refractivity contribution in [3.05, 3.63) is 71.1 Å². The summed E-state index contributed by atoms with van der Waals surface area (Å²) in [6.45, 7) is 3.48. The Kier molecular flexibility index (Phi) is 7.53. The third kappa shape index (κ3) is 5.35. The number of benzene rings is 2. The molecule has 0 bridgehead atoms. The summed E-state index contributed by atoms with van der Waals surface area (Å²) in [5.41, 5.74) is 2.71. The number of fused-ring (bicyclic) bond motifs is 1. The van der Waals surface area contributed by atoms with E-state index < -0.39 is 18.4 Å². The molecule has 1 aliphatic rings. The monoisotopic (exact) mass is 461 g/mol. The molecule has 2 amide bonds. The van der Waals surface area contributed by atoms with E-state index in [-0.39, 0.29) is 23.2 Å². The summed E-state index contributed by atoms with van der Waals surface area (Å²) < 4.78 is 5.17. The molecule has 0 saturated carbocycles. The van der Waals surface area contributed by atoms with Crippen molar-refractivity contribution in [3.8, 4) is 6.07 Å². The Morgan fingerprint density at radius 3 is 2.12 bits per heavy atom. The number of Topliss-reactive ketones (excluding diaryl/α,β-unsaturated/α-hetero) is 1. The number of carbonyl (C=O) groups is 3. The molecule has 0 spiro atoms. The summed E-state index contributed by atoms with van der Waals surface area (Å²) in [7, 11) is 3.55. The minimum absolute atomic E-state index is 0.0295. The first-order valence-corrected chi connectivity index (χ1v) is 10.8. The molecule has 0 atom stereocenters. The number of carbonyl (C=O) groups excluding carboxylic acids is 3. The van der Waals surface area contributed by atoms with Gasteiger partial charge in [0, 0.05) is 26.7 Å². The number of hydrogen-bond acceptors (Lipinski definition) is 7. The number of anilines is 2. The number of para-hydroxylation sites is 2. The molecule has 9 heteroatoms. The SMILES string of the molecule is CC(C)NC(=O)NCc1ccc(C(=O)OCC(=O)C(C#N)=C2N(C)c3ccccc3N2C)cc1. The van der Waals surface area contributed by atoms with Crippen LogP contribution in [0.3, 0.4) is 0 Å². The van der Waals surface area contributed by atoms with Gasteiger partial charge in [-0.1, -0.05) is 24.3 Å². The topological polar surface area (TPSA) is 115 Å². The average molecular weight is 462 g/mol. The van der Waals surface area contributed by atoms with Gasteiger partial charge in [0.25, 0.3) is 0 Å². The van der Waals surface area contributed by atoms with Crippen LogP contribution in [0, 0.1) is 11.3 Å². The van der Waals surface area contributed by atoms with Crippen LogP contribution in [0.4, 0.5) is 16.2 Å². The standard InChI is InChI=1S/C25H27N5O4/c1-16(2)28-25(33)27-14-17-9-11-18(12-10-17)24(32)34-15-22(31)19(13-26)23-29(3)20-7-5-6-8-21(20)30(23)4/h5-12,16H,14-15H2,1-4H3,(H2,27,28,33). The number of nitrogens with zero attached hydrogens (tertiary/aromatic N) is 3. The summed E-state index contributed by atoms with van der Waals surface area (Å²) in [5.74, 6) is -0.832. The van der Waals surface area contributed by atoms with E-state index in [9.17, 15) is 19.6 Å². The van der Waals surface area contributed by atoms with E-state index in [1.807, 2.05) is 44.2 Å². The number of nitrogens with one attached hydrogen (secondary N) is 2. The predicted molar refractivity (Wildman–Crippen MR) is 128 cm³/mol. The summed E-state index contributed by atoms with van der Waals surface area (Å²) in [4.78, 5) is 40.4. The zero-order chi connectivity index (χ0) is 24.8. The van der Waals surface area contributed by atoms with Crippen molar-refractivity contribution < 1.29 is 19.1 Å². The number of ketones is 1. The van der Waals surface area contributed by atoms with Crippen LogP contribution < -0.4 is 20.4 Å². The lowest BCUT2D eigenvalue weighted by atomic mass is 10.1.